The van der Waals surface area contributed by atoms with Crippen molar-refractivity contribution >= 4 is 22.6 Å². The molecular formula is C28H26F3N3O. The van der Waals surface area contributed by atoms with Crippen molar-refractivity contribution in [2.24, 2.45) is 0 Å². The van der Waals surface area contributed by atoms with Gasteiger partial charge in [0.25, 0.3) is 0 Å². The van der Waals surface area contributed by atoms with Crippen LogP contribution in [-0.2, 0) is 17.5 Å². The van der Waals surface area contributed by atoms with Gasteiger partial charge in [0.1, 0.15) is 5.82 Å². The first kappa shape index (κ1) is 23.1. The molecular weight excluding hydrogens is 451 g/mol. The molecule has 35 heavy (non-hydrogen) atoms. The molecule has 1 saturated heterocycles. The highest BCUT2D eigenvalue weighted by Gasteiger charge is 2.36. The fraction of sp³-hybridized carbons (Fsp3) is 0.286. The summed E-state index contributed by atoms with van der Waals surface area (Å²) in [7, 11) is 0. The number of carbonyl (C=O) groups excluding carboxylic acids is 1. The van der Waals surface area contributed by atoms with E-state index in [0.717, 1.165) is 29.0 Å². The molecule has 0 spiro atoms. The number of hydrogen-bond acceptors (Lipinski definition) is 2. The lowest BCUT2D eigenvalue weighted by Crippen LogP contribution is -2.25. The zero-order valence-electron chi connectivity index (χ0n) is 19.9. The molecule has 1 fully saturated rings. The van der Waals surface area contributed by atoms with Crippen molar-refractivity contribution in [1.29, 1.82) is 0 Å². The van der Waals surface area contributed by atoms with Crippen LogP contribution in [0.2, 0.25) is 0 Å². The van der Waals surface area contributed by atoms with Crippen LogP contribution in [0.4, 0.5) is 18.9 Å². The lowest BCUT2D eigenvalue weighted by molar-refractivity contribution is -0.137. The summed E-state index contributed by atoms with van der Waals surface area (Å²) in [5.41, 5.74) is 6.13. The summed E-state index contributed by atoms with van der Waals surface area (Å²) in [6, 6.07) is 17.2. The zero-order chi connectivity index (χ0) is 24.9. The van der Waals surface area contributed by atoms with Crippen molar-refractivity contribution in [3.05, 3.63) is 94.3 Å². The van der Waals surface area contributed by atoms with Crippen molar-refractivity contribution in [3.63, 3.8) is 0 Å². The molecule has 5 rings (SSSR count). The predicted octanol–water partition coefficient (Wildman–Crippen LogP) is 6.55. The van der Waals surface area contributed by atoms with Crippen LogP contribution < -0.4 is 4.90 Å². The van der Waals surface area contributed by atoms with Crippen molar-refractivity contribution in [1.82, 2.24) is 9.55 Å². The highest BCUT2D eigenvalue weighted by molar-refractivity contribution is 5.96. The number of halogens is 3. The summed E-state index contributed by atoms with van der Waals surface area (Å²) in [5.74, 6) is 0.361. The predicted molar refractivity (Wildman–Crippen MR) is 131 cm³/mol. The maximum absolute atomic E-state index is 13.2. The van der Waals surface area contributed by atoms with Crippen molar-refractivity contribution in [2.75, 3.05) is 11.4 Å². The van der Waals surface area contributed by atoms with Gasteiger partial charge in [-0.15, -0.1) is 0 Å². The minimum atomic E-state index is -4.46. The Balaban J connectivity index is 1.53. The molecule has 1 unspecified atom stereocenters. The molecule has 0 saturated carbocycles. The molecule has 1 aliphatic heterocycles. The Bertz CT molecular complexity index is 1410. The van der Waals surface area contributed by atoms with Gasteiger partial charge in [-0.2, -0.15) is 13.2 Å². The van der Waals surface area contributed by atoms with Crippen LogP contribution >= 0.6 is 0 Å². The Labute approximate surface area is 202 Å². The monoisotopic (exact) mass is 477 g/mol. The minimum Gasteiger partial charge on any atom is -0.323 e. The Hall–Kier alpha value is -3.61. The van der Waals surface area contributed by atoms with E-state index in [1.807, 2.05) is 24.3 Å². The van der Waals surface area contributed by atoms with E-state index in [9.17, 15) is 18.0 Å². The standard InChI is InChI=1S/C28H26F3N3O/c1-17-11-18(2)23(19(3)12-17)16-34-25-10-5-4-9-24(25)32-27(34)20-13-26(35)33(15-20)22-8-6-7-21(14-22)28(29,30)31/h4-12,14,20H,13,15-16H2,1-3H3. The number of benzene rings is 3. The first-order valence-electron chi connectivity index (χ1n) is 11.6. The molecule has 0 bridgehead atoms. The fourth-order valence-corrected chi connectivity index (χ4v) is 5.17. The number of alkyl halides is 3. The van der Waals surface area contributed by atoms with Gasteiger partial charge in [0.15, 0.2) is 0 Å². The summed E-state index contributed by atoms with van der Waals surface area (Å²) in [6.45, 7) is 7.18. The molecule has 3 aromatic carbocycles. The van der Waals surface area contributed by atoms with Gasteiger partial charge in [-0.1, -0.05) is 35.9 Å². The molecule has 1 aliphatic rings. The van der Waals surface area contributed by atoms with E-state index in [-0.39, 0.29) is 30.5 Å². The Morgan fingerprint density at radius 3 is 2.40 bits per heavy atom. The summed E-state index contributed by atoms with van der Waals surface area (Å²) in [5, 5.41) is 0. The first-order valence-corrected chi connectivity index (χ1v) is 11.6. The molecule has 2 heterocycles. The number of amides is 1. The Morgan fingerprint density at radius 2 is 1.69 bits per heavy atom. The number of nitrogens with zero attached hydrogens (tertiary/aromatic N) is 3. The van der Waals surface area contributed by atoms with Crippen LogP contribution in [0, 0.1) is 20.8 Å². The largest absolute Gasteiger partial charge is 0.416 e. The lowest BCUT2D eigenvalue weighted by Gasteiger charge is -2.19. The molecule has 0 N–H and O–H groups in total. The van der Waals surface area contributed by atoms with E-state index in [4.69, 9.17) is 4.98 Å². The van der Waals surface area contributed by atoms with E-state index in [1.165, 1.54) is 33.2 Å². The third kappa shape index (κ3) is 4.31. The second-order valence-electron chi connectivity index (χ2n) is 9.38. The van der Waals surface area contributed by atoms with Gasteiger partial charge in [-0.25, -0.2) is 4.98 Å². The second kappa shape index (κ2) is 8.56. The van der Waals surface area contributed by atoms with E-state index >= 15 is 0 Å². The maximum atomic E-state index is 13.2. The normalized spacial score (nSPS) is 16.5. The van der Waals surface area contributed by atoms with Gasteiger partial charge in [-0.05, 0) is 67.8 Å². The average molecular weight is 478 g/mol. The van der Waals surface area contributed by atoms with Crippen molar-refractivity contribution in [3.8, 4) is 0 Å². The van der Waals surface area contributed by atoms with Gasteiger partial charge < -0.3 is 9.47 Å². The molecule has 1 amide bonds. The summed E-state index contributed by atoms with van der Waals surface area (Å²) in [4.78, 5) is 19.3. The summed E-state index contributed by atoms with van der Waals surface area (Å²) in [6.07, 6.45) is -4.26. The van der Waals surface area contributed by atoms with Crippen LogP contribution in [0.25, 0.3) is 11.0 Å². The number of fused-ring (bicyclic) bond motifs is 1. The topological polar surface area (TPSA) is 38.1 Å². The molecule has 0 aliphatic carbocycles. The number of anilines is 1. The maximum Gasteiger partial charge on any atom is 0.416 e. The quantitative estimate of drug-likeness (QED) is 0.334. The lowest BCUT2D eigenvalue weighted by atomic mass is 9.99. The van der Waals surface area contributed by atoms with Crippen LogP contribution in [-0.4, -0.2) is 22.0 Å². The van der Waals surface area contributed by atoms with Crippen molar-refractivity contribution < 1.29 is 18.0 Å². The van der Waals surface area contributed by atoms with Crippen molar-refractivity contribution in [2.45, 2.75) is 45.8 Å². The van der Waals surface area contributed by atoms with Gasteiger partial charge >= 0.3 is 6.18 Å². The molecule has 7 heteroatoms. The van der Waals surface area contributed by atoms with Crippen LogP contribution in [0.15, 0.2) is 60.7 Å². The zero-order valence-corrected chi connectivity index (χ0v) is 19.9. The number of aromatic nitrogens is 2. The Morgan fingerprint density at radius 1 is 0.971 bits per heavy atom. The SMILES string of the molecule is Cc1cc(C)c(Cn2c(C3CC(=O)N(c4cccc(C(F)(F)F)c4)C3)nc3ccccc32)c(C)c1. The van der Waals surface area contributed by atoms with Crippen LogP contribution in [0.1, 0.15) is 46.0 Å². The Kier molecular flexibility index (Phi) is 5.66. The van der Waals surface area contributed by atoms with E-state index < -0.39 is 11.7 Å². The average Bonchev–Trinajstić information content (AvgIpc) is 3.36. The molecule has 180 valence electrons. The van der Waals surface area contributed by atoms with Crippen LogP contribution in [0.5, 0.6) is 0 Å². The minimum absolute atomic E-state index is 0.198. The third-order valence-electron chi connectivity index (χ3n) is 6.82. The second-order valence-corrected chi connectivity index (χ2v) is 9.38. The molecule has 0 radical (unpaired) electrons. The molecule has 1 atom stereocenters. The van der Waals surface area contributed by atoms with E-state index in [2.05, 4.69) is 37.5 Å². The summed E-state index contributed by atoms with van der Waals surface area (Å²) >= 11 is 0. The molecule has 4 aromatic rings. The highest BCUT2D eigenvalue weighted by Crippen LogP contribution is 2.36. The number of hydrogen-bond donors (Lipinski definition) is 0. The number of para-hydroxylation sites is 2. The third-order valence-corrected chi connectivity index (χ3v) is 6.82. The number of rotatable bonds is 4. The number of carbonyl (C=O) groups is 1. The van der Waals surface area contributed by atoms with Gasteiger partial charge in [-0.3, -0.25) is 4.79 Å². The van der Waals surface area contributed by atoms with Crippen LogP contribution in [0.3, 0.4) is 0 Å². The van der Waals surface area contributed by atoms with Gasteiger partial charge in [0, 0.05) is 31.1 Å². The van der Waals surface area contributed by atoms with Gasteiger partial charge in [0.05, 0.1) is 16.6 Å². The van der Waals surface area contributed by atoms with E-state index in [0.29, 0.717) is 6.54 Å². The molecule has 1 aromatic heterocycles. The fourth-order valence-electron chi connectivity index (χ4n) is 5.17. The van der Waals surface area contributed by atoms with Gasteiger partial charge in [0.2, 0.25) is 5.91 Å². The molecule has 4 nitrogen and oxygen atoms in total. The number of imidazole rings is 1. The highest BCUT2D eigenvalue weighted by atomic mass is 19.4. The van der Waals surface area contributed by atoms with E-state index in [1.54, 1.807) is 6.07 Å². The number of aryl methyl sites for hydroxylation is 3. The summed E-state index contributed by atoms with van der Waals surface area (Å²) < 4.78 is 41.9. The smallest absolute Gasteiger partial charge is 0.323 e. The first-order chi connectivity index (χ1) is 16.6.